The highest BCUT2D eigenvalue weighted by Crippen LogP contribution is 2.39. The van der Waals surface area contributed by atoms with Crippen molar-refractivity contribution in [3.63, 3.8) is 0 Å². The summed E-state index contributed by atoms with van der Waals surface area (Å²) in [4.78, 5) is 25.7. The molecular formula is C16H25N5O4S. The number of aromatic amines is 1. The molecule has 1 aromatic heterocycles. The molecule has 10 heteroatoms. The number of primary amides is 1. The lowest BCUT2D eigenvalue weighted by Crippen LogP contribution is -2.55. The fourth-order valence-corrected chi connectivity index (χ4v) is 5.15. The van der Waals surface area contributed by atoms with Crippen molar-refractivity contribution in [2.24, 2.45) is 23.3 Å². The second-order valence-corrected chi connectivity index (χ2v) is 8.98. The molecule has 26 heavy (non-hydrogen) atoms. The molecule has 2 bridgehead atoms. The van der Waals surface area contributed by atoms with Crippen molar-refractivity contribution >= 4 is 21.8 Å². The third-order valence-corrected chi connectivity index (χ3v) is 6.74. The lowest BCUT2D eigenvalue weighted by Gasteiger charge is -2.45. The zero-order valence-corrected chi connectivity index (χ0v) is 15.2. The van der Waals surface area contributed by atoms with E-state index in [1.54, 1.807) is 0 Å². The minimum Gasteiger partial charge on any atom is -0.364 e. The van der Waals surface area contributed by atoms with E-state index in [1.807, 2.05) is 0 Å². The molecule has 0 aromatic carbocycles. The largest absolute Gasteiger partial charge is 0.364 e. The highest BCUT2D eigenvalue weighted by atomic mass is 32.2. The summed E-state index contributed by atoms with van der Waals surface area (Å²) in [5, 5.41) is 2.99. The van der Waals surface area contributed by atoms with Crippen molar-refractivity contribution in [1.29, 1.82) is 0 Å². The maximum atomic E-state index is 12.3. The summed E-state index contributed by atoms with van der Waals surface area (Å²) in [6.45, 7) is -0.360. The van der Waals surface area contributed by atoms with Crippen molar-refractivity contribution in [2.75, 3.05) is 6.54 Å². The zero-order chi connectivity index (χ0) is 18.9. The van der Waals surface area contributed by atoms with E-state index >= 15 is 0 Å². The summed E-state index contributed by atoms with van der Waals surface area (Å²) in [6, 6.07) is 1.38. The Kier molecular flexibility index (Phi) is 5.35. The first-order valence-electron chi connectivity index (χ1n) is 8.79. The van der Waals surface area contributed by atoms with Crippen molar-refractivity contribution in [3.8, 4) is 0 Å². The highest BCUT2D eigenvalue weighted by Gasteiger charge is 2.39. The number of nitrogens with two attached hydrogens (primary N) is 2. The standard InChI is InChI=1S/C16H25N5O4S/c17-11-4-9-2-1-3-10(5-11)15(9)21-14(22)8-20-26(24,25)12-6-13(16(18)23)19-7-12/h6-7,9-11,15,19-20H,1-5,8,17H2,(H2,18,23)(H,21,22). The van der Waals surface area contributed by atoms with Gasteiger partial charge in [0.05, 0.1) is 6.54 Å². The molecule has 3 rings (SSSR count). The number of nitrogens with one attached hydrogen (secondary N) is 3. The first-order chi connectivity index (χ1) is 12.3. The Labute approximate surface area is 152 Å². The number of rotatable bonds is 6. The Balaban J connectivity index is 1.57. The molecule has 0 spiro atoms. The molecule has 2 atom stereocenters. The molecule has 2 fully saturated rings. The molecule has 0 aliphatic heterocycles. The SMILES string of the molecule is NC(=O)c1cc(S(=O)(=O)NCC(=O)NC2C3CCCC2CC(N)C3)c[nH]1. The molecule has 2 amide bonds. The number of carbonyl (C=O) groups is 2. The van der Waals surface area contributed by atoms with Gasteiger partial charge in [-0.1, -0.05) is 6.42 Å². The third-order valence-electron chi connectivity index (χ3n) is 5.36. The lowest BCUT2D eigenvalue weighted by molar-refractivity contribution is -0.122. The van der Waals surface area contributed by atoms with E-state index in [1.165, 1.54) is 0 Å². The fourth-order valence-electron chi connectivity index (χ4n) is 4.18. The summed E-state index contributed by atoms with van der Waals surface area (Å²) in [6.07, 6.45) is 6.18. The van der Waals surface area contributed by atoms with Crippen LogP contribution in [0.1, 0.15) is 42.6 Å². The minimum absolute atomic E-state index is 0.0128. The average molecular weight is 383 g/mol. The number of sulfonamides is 1. The molecule has 0 radical (unpaired) electrons. The van der Waals surface area contributed by atoms with Crippen LogP contribution in [-0.4, -0.2) is 43.8 Å². The van der Waals surface area contributed by atoms with Gasteiger partial charge in [-0.05, 0) is 43.6 Å². The molecule has 9 nitrogen and oxygen atoms in total. The predicted molar refractivity (Wildman–Crippen MR) is 94.5 cm³/mol. The molecule has 1 aromatic rings. The van der Waals surface area contributed by atoms with E-state index in [9.17, 15) is 18.0 Å². The number of carbonyl (C=O) groups excluding carboxylic acids is 2. The van der Waals surface area contributed by atoms with Crippen LogP contribution in [0.3, 0.4) is 0 Å². The molecule has 0 saturated heterocycles. The normalized spacial score (nSPS) is 28.5. The Hall–Kier alpha value is -1.91. The average Bonchev–Trinajstić information content (AvgIpc) is 3.05. The molecule has 1 heterocycles. The van der Waals surface area contributed by atoms with Gasteiger partial charge < -0.3 is 21.8 Å². The van der Waals surface area contributed by atoms with Crippen LogP contribution in [0.5, 0.6) is 0 Å². The lowest BCUT2D eigenvalue weighted by atomic mass is 9.67. The van der Waals surface area contributed by atoms with Crippen molar-refractivity contribution in [2.45, 2.75) is 49.1 Å². The second-order valence-electron chi connectivity index (χ2n) is 7.21. The van der Waals surface area contributed by atoms with Gasteiger partial charge in [-0.3, -0.25) is 9.59 Å². The van der Waals surface area contributed by atoms with Crippen LogP contribution >= 0.6 is 0 Å². The molecule has 2 saturated carbocycles. The number of fused-ring (bicyclic) bond motifs is 2. The number of amides is 2. The van der Waals surface area contributed by atoms with Crippen LogP contribution in [0.15, 0.2) is 17.2 Å². The van der Waals surface area contributed by atoms with Crippen LogP contribution in [0.2, 0.25) is 0 Å². The Bertz CT molecular complexity index is 776. The van der Waals surface area contributed by atoms with Crippen molar-refractivity contribution < 1.29 is 18.0 Å². The molecular weight excluding hydrogens is 358 g/mol. The molecule has 2 aliphatic carbocycles. The van der Waals surface area contributed by atoms with E-state index in [4.69, 9.17) is 11.5 Å². The van der Waals surface area contributed by atoms with E-state index in [0.717, 1.165) is 44.4 Å². The maximum absolute atomic E-state index is 12.3. The summed E-state index contributed by atoms with van der Waals surface area (Å²) in [7, 11) is -3.91. The van der Waals surface area contributed by atoms with E-state index in [-0.39, 0.29) is 35.1 Å². The number of H-pyrrole nitrogens is 1. The smallest absolute Gasteiger partial charge is 0.265 e. The highest BCUT2D eigenvalue weighted by molar-refractivity contribution is 7.89. The Morgan fingerprint density at radius 1 is 1.23 bits per heavy atom. The first kappa shape index (κ1) is 18.9. The van der Waals surface area contributed by atoms with Crippen LogP contribution < -0.4 is 21.5 Å². The van der Waals surface area contributed by atoms with Gasteiger partial charge in [0.25, 0.3) is 5.91 Å². The molecule has 144 valence electrons. The quantitative estimate of drug-likeness (QED) is 0.443. The second kappa shape index (κ2) is 7.37. The van der Waals surface area contributed by atoms with Gasteiger partial charge in [0.2, 0.25) is 15.9 Å². The summed E-state index contributed by atoms with van der Waals surface area (Å²) >= 11 is 0. The molecule has 2 aliphatic rings. The van der Waals surface area contributed by atoms with Gasteiger partial charge in [0.1, 0.15) is 10.6 Å². The summed E-state index contributed by atoms with van der Waals surface area (Å²) in [5.41, 5.74) is 11.2. The van der Waals surface area contributed by atoms with Gasteiger partial charge in [0, 0.05) is 18.3 Å². The summed E-state index contributed by atoms with van der Waals surface area (Å²) in [5.74, 6) is -0.399. The van der Waals surface area contributed by atoms with E-state index in [0.29, 0.717) is 11.8 Å². The molecule has 7 N–H and O–H groups in total. The topological polar surface area (TPSA) is 160 Å². The Morgan fingerprint density at radius 3 is 2.46 bits per heavy atom. The van der Waals surface area contributed by atoms with Gasteiger partial charge in [-0.2, -0.15) is 0 Å². The van der Waals surface area contributed by atoms with E-state index in [2.05, 4.69) is 15.0 Å². The van der Waals surface area contributed by atoms with Gasteiger partial charge >= 0.3 is 0 Å². The van der Waals surface area contributed by atoms with E-state index < -0.39 is 15.9 Å². The number of hydrogen-bond acceptors (Lipinski definition) is 5. The monoisotopic (exact) mass is 383 g/mol. The van der Waals surface area contributed by atoms with Crippen molar-refractivity contribution in [3.05, 3.63) is 18.0 Å². The van der Waals surface area contributed by atoms with Crippen LogP contribution in [0.4, 0.5) is 0 Å². The Morgan fingerprint density at radius 2 is 1.88 bits per heavy atom. The van der Waals surface area contributed by atoms with Gasteiger partial charge in [-0.15, -0.1) is 0 Å². The van der Waals surface area contributed by atoms with Gasteiger partial charge in [-0.25, -0.2) is 13.1 Å². The van der Waals surface area contributed by atoms with Crippen LogP contribution in [0.25, 0.3) is 0 Å². The van der Waals surface area contributed by atoms with Gasteiger partial charge in [0.15, 0.2) is 0 Å². The number of aromatic nitrogens is 1. The maximum Gasteiger partial charge on any atom is 0.265 e. The first-order valence-corrected chi connectivity index (χ1v) is 10.3. The minimum atomic E-state index is -3.91. The van der Waals surface area contributed by atoms with Crippen molar-refractivity contribution in [1.82, 2.24) is 15.0 Å². The van der Waals surface area contributed by atoms with Crippen LogP contribution in [0, 0.1) is 11.8 Å². The number of hydrogen-bond donors (Lipinski definition) is 5. The zero-order valence-electron chi connectivity index (χ0n) is 14.4. The predicted octanol–water partition coefficient (Wildman–Crippen LogP) is -0.586. The summed E-state index contributed by atoms with van der Waals surface area (Å²) < 4.78 is 26.7. The van der Waals surface area contributed by atoms with Crippen LogP contribution in [-0.2, 0) is 14.8 Å². The fraction of sp³-hybridized carbons (Fsp3) is 0.625. The molecule has 2 unspecified atom stereocenters. The third kappa shape index (κ3) is 4.08.